The number of ether oxygens (including phenoxy) is 1. The minimum Gasteiger partial charge on any atom is -0.372 e. The Bertz CT molecular complexity index is 769. The monoisotopic (exact) mass is 343 g/mol. The number of amides is 2. The van der Waals surface area contributed by atoms with Crippen molar-refractivity contribution in [1.82, 2.24) is 25.4 Å². The van der Waals surface area contributed by atoms with E-state index >= 15 is 0 Å². The Hall–Kier alpha value is -2.74. The summed E-state index contributed by atoms with van der Waals surface area (Å²) in [5, 5.41) is 14.0. The maximum Gasteiger partial charge on any atom is 0.251 e. The largest absolute Gasteiger partial charge is 0.372 e. The molecule has 2 aromatic rings. The van der Waals surface area contributed by atoms with Crippen molar-refractivity contribution in [3.05, 3.63) is 47.0 Å². The molecule has 0 saturated carbocycles. The van der Waals surface area contributed by atoms with Crippen LogP contribution in [-0.2, 0) is 29.2 Å². The number of nitrogens with one attached hydrogen (secondary N) is 2. The Morgan fingerprint density at radius 1 is 1.28 bits per heavy atom. The third-order valence-corrected chi connectivity index (χ3v) is 4.04. The van der Waals surface area contributed by atoms with E-state index in [4.69, 9.17) is 4.74 Å². The van der Waals surface area contributed by atoms with Crippen LogP contribution >= 0.6 is 0 Å². The lowest BCUT2D eigenvalue weighted by Crippen LogP contribution is -2.30. The van der Waals surface area contributed by atoms with Crippen LogP contribution in [0.15, 0.2) is 24.3 Å². The third kappa shape index (κ3) is 4.03. The van der Waals surface area contributed by atoms with Gasteiger partial charge in [-0.05, 0) is 24.6 Å². The van der Waals surface area contributed by atoms with Crippen molar-refractivity contribution in [3.63, 3.8) is 0 Å². The van der Waals surface area contributed by atoms with Crippen LogP contribution in [0.3, 0.4) is 0 Å². The maximum absolute atomic E-state index is 12.4. The van der Waals surface area contributed by atoms with Gasteiger partial charge in [0.15, 0.2) is 11.6 Å². The number of aromatic nitrogens is 3. The minimum atomic E-state index is -0.258. The molecule has 1 unspecified atom stereocenters. The summed E-state index contributed by atoms with van der Waals surface area (Å²) >= 11 is 0. The number of rotatable bonds is 5. The first-order valence-corrected chi connectivity index (χ1v) is 8.18. The Balaban J connectivity index is 1.63. The zero-order valence-corrected chi connectivity index (χ0v) is 14.3. The van der Waals surface area contributed by atoms with Crippen molar-refractivity contribution < 1.29 is 14.3 Å². The second kappa shape index (κ2) is 7.43. The number of carbonyl (C=O) groups is 2. The highest BCUT2D eigenvalue weighted by molar-refractivity contribution is 5.94. The molecule has 1 aromatic carbocycles. The summed E-state index contributed by atoms with van der Waals surface area (Å²) in [6.07, 6.45) is 0. The van der Waals surface area contributed by atoms with E-state index < -0.39 is 0 Å². The van der Waals surface area contributed by atoms with Crippen LogP contribution in [-0.4, -0.2) is 33.2 Å². The smallest absolute Gasteiger partial charge is 0.251 e. The first-order chi connectivity index (χ1) is 12.0. The molecule has 2 amide bonds. The second-order valence-corrected chi connectivity index (χ2v) is 5.98. The lowest BCUT2D eigenvalue weighted by atomic mass is 10.1. The van der Waals surface area contributed by atoms with E-state index in [1.807, 2.05) is 23.6 Å². The molecule has 0 fully saturated rings. The fourth-order valence-electron chi connectivity index (χ4n) is 2.68. The summed E-state index contributed by atoms with van der Waals surface area (Å²) in [4.78, 5) is 23.4. The first-order valence-electron chi connectivity index (χ1n) is 8.18. The summed E-state index contributed by atoms with van der Waals surface area (Å²) in [7, 11) is 0. The van der Waals surface area contributed by atoms with E-state index in [1.165, 1.54) is 6.92 Å². The van der Waals surface area contributed by atoms with Gasteiger partial charge in [-0.3, -0.25) is 9.59 Å². The highest BCUT2D eigenvalue weighted by Gasteiger charge is 2.21. The van der Waals surface area contributed by atoms with Gasteiger partial charge in [0.1, 0.15) is 6.61 Å². The van der Waals surface area contributed by atoms with Gasteiger partial charge >= 0.3 is 0 Å². The Morgan fingerprint density at radius 3 is 2.76 bits per heavy atom. The molecule has 0 radical (unpaired) electrons. The van der Waals surface area contributed by atoms with E-state index in [-0.39, 0.29) is 17.9 Å². The molecule has 0 spiro atoms. The fraction of sp³-hybridized carbons (Fsp3) is 0.412. The van der Waals surface area contributed by atoms with Crippen molar-refractivity contribution in [1.29, 1.82) is 0 Å². The Labute approximate surface area is 145 Å². The number of benzene rings is 1. The molecule has 3 rings (SSSR count). The molecule has 1 aliphatic rings. The summed E-state index contributed by atoms with van der Waals surface area (Å²) in [5.41, 5.74) is 1.49. The standard InChI is InChI=1S/C17H21N5O3/c1-11(16-21-20-15-10-25-8-7-22(15)16)19-17(24)14-5-3-13(4-6-14)9-18-12(2)23/h3-6,11H,7-10H2,1-2H3,(H,18,23)(H,19,24). The first kappa shape index (κ1) is 17.1. The van der Waals surface area contributed by atoms with Crippen LogP contribution < -0.4 is 10.6 Å². The van der Waals surface area contributed by atoms with Gasteiger partial charge in [-0.1, -0.05) is 12.1 Å². The van der Waals surface area contributed by atoms with E-state index in [9.17, 15) is 9.59 Å². The van der Waals surface area contributed by atoms with Gasteiger partial charge in [0.2, 0.25) is 5.91 Å². The molecule has 25 heavy (non-hydrogen) atoms. The van der Waals surface area contributed by atoms with E-state index in [1.54, 1.807) is 12.1 Å². The van der Waals surface area contributed by atoms with E-state index in [2.05, 4.69) is 20.8 Å². The quantitative estimate of drug-likeness (QED) is 0.842. The summed E-state index contributed by atoms with van der Waals surface area (Å²) in [6.45, 7) is 5.56. The van der Waals surface area contributed by atoms with Crippen molar-refractivity contribution in [2.24, 2.45) is 0 Å². The number of hydrogen-bond donors (Lipinski definition) is 2. The van der Waals surface area contributed by atoms with Crippen molar-refractivity contribution in [2.75, 3.05) is 6.61 Å². The van der Waals surface area contributed by atoms with Crippen LogP contribution in [0.4, 0.5) is 0 Å². The molecule has 0 aliphatic carbocycles. The molecule has 1 aromatic heterocycles. The number of fused-ring (bicyclic) bond motifs is 1. The molecule has 2 N–H and O–H groups in total. The Morgan fingerprint density at radius 2 is 2.04 bits per heavy atom. The third-order valence-electron chi connectivity index (χ3n) is 4.04. The number of nitrogens with zero attached hydrogens (tertiary/aromatic N) is 3. The zero-order valence-electron chi connectivity index (χ0n) is 14.3. The topological polar surface area (TPSA) is 98.1 Å². The maximum atomic E-state index is 12.4. The minimum absolute atomic E-state index is 0.0855. The van der Waals surface area contributed by atoms with Gasteiger partial charge in [-0.25, -0.2) is 0 Å². The normalized spacial score (nSPS) is 14.5. The van der Waals surface area contributed by atoms with Gasteiger partial charge in [0, 0.05) is 25.6 Å². The van der Waals surface area contributed by atoms with Crippen LogP contribution in [0.5, 0.6) is 0 Å². The predicted octanol–water partition coefficient (Wildman–Crippen LogP) is 0.935. The highest BCUT2D eigenvalue weighted by atomic mass is 16.5. The zero-order chi connectivity index (χ0) is 17.8. The fourth-order valence-corrected chi connectivity index (χ4v) is 2.68. The second-order valence-electron chi connectivity index (χ2n) is 5.98. The summed E-state index contributed by atoms with van der Waals surface area (Å²) in [6, 6.07) is 6.88. The van der Waals surface area contributed by atoms with Crippen LogP contribution in [0, 0.1) is 0 Å². The van der Waals surface area contributed by atoms with Gasteiger partial charge in [-0.15, -0.1) is 10.2 Å². The van der Waals surface area contributed by atoms with Crippen LogP contribution in [0.25, 0.3) is 0 Å². The SMILES string of the molecule is CC(=O)NCc1ccc(C(=O)NC(C)c2nnc3n2CCOC3)cc1. The molecule has 2 heterocycles. The van der Waals surface area contributed by atoms with Crippen LogP contribution in [0.2, 0.25) is 0 Å². The lowest BCUT2D eigenvalue weighted by molar-refractivity contribution is -0.119. The average Bonchev–Trinajstić information content (AvgIpc) is 3.04. The van der Waals surface area contributed by atoms with Gasteiger partial charge in [0.05, 0.1) is 12.6 Å². The average molecular weight is 343 g/mol. The lowest BCUT2D eigenvalue weighted by Gasteiger charge is -2.19. The van der Waals surface area contributed by atoms with Crippen molar-refractivity contribution in [3.8, 4) is 0 Å². The van der Waals surface area contributed by atoms with Crippen molar-refractivity contribution >= 4 is 11.8 Å². The summed E-state index contributed by atoms with van der Waals surface area (Å²) in [5.74, 6) is 1.25. The van der Waals surface area contributed by atoms with E-state index in [0.717, 1.165) is 17.2 Å². The molecule has 1 atom stereocenters. The van der Waals surface area contributed by atoms with Crippen LogP contribution in [0.1, 0.15) is 47.5 Å². The predicted molar refractivity (Wildman–Crippen MR) is 89.5 cm³/mol. The molecule has 1 aliphatic heterocycles. The molecular formula is C17H21N5O3. The highest BCUT2D eigenvalue weighted by Crippen LogP contribution is 2.16. The molecule has 8 heteroatoms. The molecule has 8 nitrogen and oxygen atoms in total. The summed E-state index contributed by atoms with van der Waals surface area (Å²) < 4.78 is 7.34. The Kier molecular flexibility index (Phi) is 5.08. The number of carbonyl (C=O) groups excluding carboxylic acids is 2. The molecule has 132 valence electrons. The van der Waals surface area contributed by atoms with Gasteiger partial charge in [-0.2, -0.15) is 0 Å². The molecular weight excluding hydrogens is 322 g/mol. The molecule has 0 bridgehead atoms. The molecule has 0 saturated heterocycles. The van der Waals surface area contributed by atoms with Gasteiger partial charge < -0.3 is 19.9 Å². The number of hydrogen-bond acceptors (Lipinski definition) is 5. The van der Waals surface area contributed by atoms with E-state index in [0.29, 0.717) is 31.9 Å². The van der Waals surface area contributed by atoms with Crippen molar-refractivity contribution in [2.45, 2.75) is 39.6 Å². The van der Waals surface area contributed by atoms with Gasteiger partial charge in [0.25, 0.3) is 5.91 Å².